The number of anilines is 1. The van der Waals surface area contributed by atoms with Crippen LogP contribution in [0.1, 0.15) is 44.0 Å². The predicted molar refractivity (Wildman–Crippen MR) is 116 cm³/mol. The molecule has 2 aliphatic rings. The first-order valence-electron chi connectivity index (χ1n) is 10.4. The van der Waals surface area contributed by atoms with E-state index in [4.69, 9.17) is 0 Å². The van der Waals surface area contributed by atoms with Crippen LogP contribution in [0, 0.1) is 11.2 Å². The van der Waals surface area contributed by atoms with Crippen molar-refractivity contribution in [3.05, 3.63) is 53.8 Å². The molecule has 6 nitrogen and oxygen atoms in total. The molecular weight excluding hydrogens is 397 g/mol. The molecule has 2 aliphatic heterocycles. The molecule has 162 valence electrons. The summed E-state index contributed by atoms with van der Waals surface area (Å²) in [7, 11) is 0. The lowest BCUT2D eigenvalue weighted by Crippen LogP contribution is -2.41. The fourth-order valence-electron chi connectivity index (χ4n) is 4.24. The molecule has 0 aliphatic carbocycles. The highest BCUT2D eigenvalue weighted by Gasteiger charge is 2.43. The fourth-order valence-corrected chi connectivity index (χ4v) is 4.24. The molecule has 31 heavy (non-hydrogen) atoms. The van der Waals surface area contributed by atoms with Gasteiger partial charge in [-0.3, -0.25) is 14.4 Å². The molecule has 2 atom stereocenters. The Morgan fingerprint density at radius 3 is 2.61 bits per heavy atom. The summed E-state index contributed by atoms with van der Waals surface area (Å²) in [4.78, 5) is 40.0. The lowest BCUT2D eigenvalue weighted by atomic mass is 9.92. The number of carbonyl (C=O) groups is 3. The first-order chi connectivity index (χ1) is 14.6. The van der Waals surface area contributed by atoms with Crippen LogP contribution in [0.5, 0.6) is 0 Å². The molecule has 2 aromatic carbocycles. The number of hydrogen-bond acceptors (Lipinski definition) is 3. The summed E-state index contributed by atoms with van der Waals surface area (Å²) in [5.41, 5.74) is 1.53. The number of fused-ring (bicyclic) bond motifs is 2. The van der Waals surface area contributed by atoms with Gasteiger partial charge in [0.25, 0.3) is 5.91 Å². The normalized spacial score (nSPS) is 20.6. The molecule has 1 saturated heterocycles. The molecule has 3 amide bonds. The van der Waals surface area contributed by atoms with Crippen molar-refractivity contribution in [3.63, 3.8) is 0 Å². The molecule has 2 heterocycles. The van der Waals surface area contributed by atoms with Crippen LogP contribution in [0.15, 0.2) is 42.5 Å². The molecule has 0 bridgehead atoms. The van der Waals surface area contributed by atoms with Crippen LogP contribution in [0.4, 0.5) is 10.1 Å². The van der Waals surface area contributed by atoms with Crippen molar-refractivity contribution in [3.8, 4) is 11.1 Å². The van der Waals surface area contributed by atoms with E-state index in [0.717, 1.165) is 0 Å². The molecule has 4 rings (SSSR count). The maximum atomic E-state index is 14.2. The zero-order valence-corrected chi connectivity index (χ0v) is 17.9. The fraction of sp³-hybridized carbons (Fsp3) is 0.375. The Labute approximate surface area is 180 Å². The largest absolute Gasteiger partial charge is 0.351 e. The van der Waals surface area contributed by atoms with Gasteiger partial charge in [-0.1, -0.05) is 45.0 Å². The van der Waals surface area contributed by atoms with Gasteiger partial charge in [0.15, 0.2) is 0 Å². The van der Waals surface area contributed by atoms with E-state index in [9.17, 15) is 18.8 Å². The maximum absolute atomic E-state index is 14.2. The van der Waals surface area contributed by atoms with Crippen molar-refractivity contribution >= 4 is 23.4 Å². The third-order valence-electron chi connectivity index (χ3n) is 5.61. The lowest BCUT2D eigenvalue weighted by Gasteiger charge is -2.21. The monoisotopic (exact) mass is 423 g/mol. The Kier molecular flexibility index (Phi) is 5.29. The summed E-state index contributed by atoms with van der Waals surface area (Å²) in [5.74, 6) is -1.05. The highest BCUT2D eigenvalue weighted by molar-refractivity contribution is 6.10. The summed E-state index contributed by atoms with van der Waals surface area (Å²) in [5, 5.41) is 5.78. The van der Waals surface area contributed by atoms with Gasteiger partial charge in [0.2, 0.25) is 11.8 Å². The molecule has 0 unspecified atom stereocenters. The topological polar surface area (TPSA) is 78.5 Å². The minimum atomic E-state index is -0.656. The molecule has 2 N–H and O–H groups in total. The van der Waals surface area contributed by atoms with E-state index >= 15 is 0 Å². The second-order valence-electron chi connectivity index (χ2n) is 9.44. The Bertz CT molecular complexity index is 1060. The van der Waals surface area contributed by atoms with Crippen molar-refractivity contribution in [1.29, 1.82) is 0 Å². The number of rotatable bonds is 3. The summed E-state index contributed by atoms with van der Waals surface area (Å²) in [6.45, 7) is 6.21. The van der Waals surface area contributed by atoms with Crippen LogP contribution in [-0.2, 0) is 9.59 Å². The predicted octanol–water partition coefficient (Wildman–Crippen LogP) is 3.58. The smallest absolute Gasteiger partial charge is 0.256 e. The second kappa shape index (κ2) is 7.80. The number of carbonyl (C=O) groups excluding carboxylic acids is 3. The third-order valence-corrected chi connectivity index (χ3v) is 5.61. The number of halogens is 1. The van der Waals surface area contributed by atoms with Gasteiger partial charge in [-0.05, 0) is 35.6 Å². The van der Waals surface area contributed by atoms with Crippen molar-refractivity contribution in [2.45, 2.75) is 45.7 Å². The molecule has 1 fully saturated rings. The minimum absolute atomic E-state index is 0.0924. The van der Waals surface area contributed by atoms with Crippen molar-refractivity contribution < 1.29 is 18.8 Å². The van der Waals surface area contributed by atoms with Crippen LogP contribution in [-0.4, -0.2) is 41.2 Å². The van der Waals surface area contributed by atoms with Gasteiger partial charge < -0.3 is 15.5 Å². The maximum Gasteiger partial charge on any atom is 0.256 e. The number of hydrogen-bond donors (Lipinski definition) is 2. The van der Waals surface area contributed by atoms with E-state index in [1.807, 2.05) is 20.8 Å². The number of nitrogens with one attached hydrogen (secondary N) is 2. The second-order valence-corrected chi connectivity index (χ2v) is 9.44. The zero-order chi connectivity index (χ0) is 22.3. The Morgan fingerprint density at radius 2 is 1.90 bits per heavy atom. The number of benzene rings is 2. The molecule has 0 aromatic heterocycles. The Balaban J connectivity index is 1.59. The first kappa shape index (κ1) is 21.0. The summed E-state index contributed by atoms with van der Waals surface area (Å²) in [6, 6.07) is 10.4. The van der Waals surface area contributed by atoms with E-state index in [1.54, 1.807) is 36.4 Å². The van der Waals surface area contributed by atoms with Gasteiger partial charge in [-0.15, -0.1) is 0 Å². The summed E-state index contributed by atoms with van der Waals surface area (Å²) >= 11 is 0. The molecule has 0 radical (unpaired) electrons. The minimum Gasteiger partial charge on any atom is -0.351 e. The molecular formula is C24H26FN3O3. The van der Waals surface area contributed by atoms with Crippen molar-refractivity contribution in [2.24, 2.45) is 5.41 Å². The number of amides is 3. The van der Waals surface area contributed by atoms with Crippen molar-refractivity contribution in [2.75, 3.05) is 11.9 Å². The van der Waals surface area contributed by atoms with E-state index < -0.39 is 6.04 Å². The number of nitrogens with zero attached hydrogens (tertiary/aromatic N) is 1. The van der Waals surface area contributed by atoms with Gasteiger partial charge in [0.1, 0.15) is 11.9 Å². The molecule has 0 saturated carbocycles. The highest BCUT2D eigenvalue weighted by Crippen LogP contribution is 2.33. The van der Waals surface area contributed by atoms with Crippen LogP contribution < -0.4 is 10.6 Å². The van der Waals surface area contributed by atoms with Crippen molar-refractivity contribution in [1.82, 2.24) is 10.2 Å². The summed E-state index contributed by atoms with van der Waals surface area (Å²) < 4.78 is 14.2. The zero-order valence-electron chi connectivity index (χ0n) is 17.9. The van der Waals surface area contributed by atoms with Gasteiger partial charge in [-0.2, -0.15) is 0 Å². The highest BCUT2D eigenvalue weighted by atomic mass is 19.1. The van der Waals surface area contributed by atoms with Crippen LogP contribution in [0.2, 0.25) is 0 Å². The average Bonchev–Trinajstić information content (AvgIpc) is 3.07. The first-order valence-corrected chi connectivity index (χ1v) is 10.4. The van der Waals surface area contributed by atoms with Gasteiger partial charge in [-0.25, -0.2) is 4.39 Å². The SMILES string of the molecule is CC(C)(C)CC(=O)N[C@H]1C[C@H]2C(=O)Nc3ccc(-c4ccccc4F)cc3C(=O)N2C1. The van der Waals surface area contributed by atoms with Gasteiger partial charge in [0, 0.05) is 24.6 Å². The van der Waals surface area contributed by atoms with E-state index in [-0.39, 0.29) is 41.5 Å². The lowest BCUT2D eigenvalue weighted by molar-refractivity contribution is -0.123. The molecule has 2 aromatic rings. The quantitative estimate of drug-likeness (QED) is 0.792. The average molecular weight is 423 g/mol. The van der Waals surface area contributed by atoms with Crippen LogP contribution in [0.3, 0.4) is 0 Å². The molecule has 7 heteroatoms. The molecule has 0 spiro atoms. The van der Waals surface area contributed by atoms with Gasteiger partial charge in [0.05, 0.1) is 11.3 Å². The van der Waals surface area contributed by atoms with Crippen LogP contribution in [0.25, 0.3) is 11.1 Å². The van der Waals surface area contributed by atoms with E-state index in [1.165, 1.54) is 11.0 Å². The third kappa shape index (κ3) is 4.31. The van der Waals surface area contributed by atoms with E-state index in [2.05, 4.69) is 10.6 Å². The summed E-state index contributed by atoms with van der Waals surface area (Å²) in [6.07, 6.45) is 0.727. The van der Waals surface area contributed by atoms with Crippen LogP contribution >= 0.6 is 0 Å². The Hall–Kier alpha value is -3.22. The van der Waals surface area contributed by atoms with Gasteiger partial charge >= 0.3 is 0 Å². The Morgan fingerprint density at radius 1 is 1.16 bits per heavy atom. The standard InChI is InChI=1S/C24H26FN3O3/c1-24(2,3)12-21(29)26-15-11-20-22(30)27-19-9-8-14(16-6-4-5-7-18(16)25)10-17(19)23(31)28(20)13-15/h4-10,15,20H,11-13H2,1-3H3,(H,26,29)(H,27,30)/t15-,20-/m0/s1. The van der Waals surface area contributed by atoms with E-state index in [0.29, 0.717) is 35.2 Å².